The minimum atomic E-state index is -0.0934. The SMILES string of the molecule is Cc1ccccc1NC(=O)NC[C@H]1CCN(C2CC2)C1. The van der Waals surface area contributed by atoms with Crippen LogP contribution >= 0.6 is 0 Å². The monoisotopic (exact) mass is 273 g/mol. The van der Waals surface area contributed by atoms with Crippen LogP contribution in [0, 0.1) is 12.8 Å². The fourth-order valence-corrected chi connectivity index (χ4v) is 2.92. The zero-order chi connectivity index (χ0) is 13.9. The molecule has 2 amide bonds. The predicted molar refractivity (Wildman–Crippen MR) is 80.9 cm³/mol. The highest BCUT2D eigenvalue weighted by Gasteiger charge is 2.34. The molecule has 1 atom stereocenters. The molecule has 1 aromatic rings. The van der Waals surface area contributed by atoms with Gasteiger partial charge in [-0.05, 0) is 50.3 Å². The molecular formula is C16H23N3O. The first-order chi connectivity index (χ1) is 9.72. The molecule has 2 N–H and O–H groups in total. The summed E-state index contributed by atoms with van der Waals surface area (Å²) in [4.78, 5) is 14.5. The Labute approximate surface area is 120 Å². The van der Waals surface area contributed by atoms with Crippen LogP contribution in [0.25, 0.3) is 0 Å². The molecule has 20 heavy (non-hydrogen) atoms. The van der Waals surface area contributed by atoms with Crippen LogP contribution in [-0.2, 0) is 0 Å². The Kier molecular flexibility index (Phi) is 3.92. The van der Waals surface area contributed by atoms with Gasteiger partial charge in [-0.25, -0.2) is 4.79 Å². The summed E-state index contributed by atoms with van der Waals surface area (Å²) in [5, 5.41) is 5.92. The van der Waals surface area contributed by atoms with E-state index < -0.39 is 0 Å². The van der Waals surface area contributed by atoms with Gasteiger partial charge in [-0.3, -0.25) is 0 Å². The van der Waals surface area contributed by atoms with Gasteiger partial charge in [-0.2, -0.15) is 0 Å². The van der Waals surface area contributed by atoms with Gasteiger partial charge in [0.15, 0.2) is 0 Å². The predicted octanol–water partition coefficient (Wildman–Crippen LogP) is 2.60. The van der Waals surface area contributed by atoms with Gasteiger partial charge in [0.25, 0.3) is 0 Å². The number of amides is 2. The van der Waals surface area contributed by atoms with E-state index in [4.69, 9.17) is 0 Å². The van der Waals surface area contributed by atoms with Crippen molar-refractivity contribution < 1.29 is 4.79 Å². The Bertz CT molecular complexity index is 484. The van der Waals surface area contributed by atoms with E-state index in [1.54, 1.807) is 0 Å². The topological polar surface area (TPSA) is 44.4 Å². The Morgan fingerprint density at radius 3 is 2.85 bits per heavy atom. The Morgan fingerprint density at radius 2 is 2.10 bits per heavy atom. The number of carbonyl (C=O) groups excluding carboxylic acids is 1. The van der Waals surface area contributed by atoms with E-state index >= 15 is 0 Å². The second-order valence-corrected chi connectivity index (χ2v) is 6.03. The van der Waals surface area contributed by atoms with E-state index in [9.17, 15) is 4.79 Å². The molecule has 1 aromatic carbocycles. The highest BCUT2D eigenvalue weighted by Crippen LogP contribution is 2.31. The Hall–Kier alpha value is -1.55. The van der Waals surface area contributed by atoms with Gasteiger partial charge < -0.3 is 15.5 Å². The molecule has 0 spiro atoms. The second-order valence-electron chi connectivity index (χ2n) is 6.03. The van der Waals surface area contributed by atoms with Crippen LogP contribution in [0.3, 0.4) is 0 Å². The molecule has 0 bridgehead atoms. The molecule has 1 aliphatic heterocycles. The third kappa shape index (κ3) is 3.31. The molecule has 1 saturated carbocycles. The Morgan fingerprint density at radius 1 is 1.30 bits per heavy atom. The van der Waals surface area contributed by atoms with E-state index in [-0.39, 0.29) is 6.03 Å². The smallest absolute Gasteiger partial charge is 0.319 e. The first-order valence-electron chi connectivity index (χ1n) is 7.57. The molecule has 1 saturated heterocycles. The summed E-state index contributed by atoms with van der Waals surface area (Å²) in [6.07, 6.45) is 3.95. The van der Waals surface area contributed by atoms with Crippen molar-refractivity contribution in [2.75, 3.05) is 25.0 Å². The molecular weight excluding hydrogens is 250 g/mol. The fraction of sp³-hybridized carbons (Fsp3) is 0.562. The van der Waals surface area contributed by atoms with Crippen LogP contribution in [0.2, 0.25) is 0 Å². The number of hydrogen-bond donors (Lipinski definition) is 2. The molecule has 4 nitrogen and oxygen atoms in total. The molecule has 3 rings (SSSR count). The average molecular weight is 273 g/mol. The average Bonchev–Trinajstić information content (AvgIpc) is 3.18. The zero-order valence-corrected chi connectivity index (χ0v) is 12.1. The van der Waals surface area contributed by atoms with E-state index in [0.29, 0.717) is 5.92 Å². The summed E-state index contributed by atoms with van der Waals surface area (Å²) in [5.74, 6) is 0.609. The van der Waals surface area contributed by atoms with Crippen molar-refractivity contribution in [3.63, 3.8) is 0 Å². The summed E-state index contributed by atoms with van der Waals surface area (Å²) in [7, 11) is 0. The number of rotatable bonds is 4. The minimum Gasteiger partial charge on any atom is -0.338 e. The van der Waals surface area contributed by atoms with Crippen molar-refractivity contribution in [2.45, 2.75) is 32.2 Å². The standard InChI is InChI=1S/C16H23N3O/c1-12-4-2-3-5-15(12)18-16(20)17-10-13-8-9-19(11-13)14-6-7-14/h2-5,13-14H,6-11H2,1H3,(H2,17,18,20)/t13-/m1/s1. The summed E-state index contributed by atoms with van der Waals surface area (Å²) in [6.45, 7) is 5.13. The quantitative estimate of drug-likeness (QED) is 0.885. The maximum Gasteiger partial charge on any atom is 0.319 e. The first kappa shape index (κ1) is 13.4. The normalized spacial score (nSPS) is 22.8. The maximum absolute atomic E-state index is 11.9. The molecule has 4 heteroatoms. The van der Waals surface area contributed by atoms with Crippen molar-refractivity contribution in [2.24, 2.45) is 5.92 Å². The van der Waals surface area contributed by atoms with Crippen molar-refractivity contribution in [1.29, 1.82) is 0 Å². The highest BCUT2D eigenvalue weighted by atomic mass is 16.2. The maximum atomic E-state index is 11.9. The summed E-state index contributed by atoms with van der Waals surface area (Å²) in [6, 6.07) is 8.60. The van der Waals surface area contributed by atoms with E-state index in [1.807, 2.05) is 31.2 Å². The molecule has 108 valence electrons. The van der Waals surface area contributed by atoms with Crippen molar-refractivity contribution in [1.82, 2.24) is 10.2 Å². The lowest BCUT2D eigenvalue weighted by Crippen LogP contribution is -2.34. The molecule has 0 radical (unpaired) electrons. The van der Waals surface area contributed by atoms with E-state index in [1.165, 1.54) is 25.8 Å². The van der Waals surface area contributed by atoms with Crippen LogP contribution in [0.15, 0.2) is 24.3 Å². The summed E-state index contributed by atoms with van der Waals surface area (Å²) >= 11 is 0. The van der Waals surface area contributed by atoms with Gasteiger partial charge in [0.2, 0.25) is 0 Å². The molecule has 2 fully saturated rings. The van der Waals surface area contributed by atoms with Crippen molar-refractivity contribution >= 4 is 11.7 Å². The lowest BCUT2D eigenvalue weighted by molar-refractivity contribution is 0.249. The van der Waals surface area contributed by atoms with Crippen molar-refractivity contribution in [3.05, 3.63) is 29.8 Å². The van der Waals surface area contributed by atoms with E-state index in [2.05, 4.69) is 15.5 Å². The van der Waals surface area contributed by atoms with Crippen LogP contribution in [0.5, 0.6) is 0 Å². The lowest BCUT2D eigenvalue weighted by Gasteiger charge is -2.15. The summed E-state index contributed by atoms with van der Waals surface area (Å²) in [5.41, 5.74) is 1.97. The first-order valence-corrected chi connectivity index (χ1v) is 7.57. The molecule has 0 unspecified atom stereocenters. The van der Waals surface area contributed by atoms with Crippen LogP contribution in [0.1, 0.15) is 24.8 Å². The zero-order valence-electron chi connectivity index (χ0n) is 12.1. The van der Waals surface area contributed by atoms with Crippen molar-refractivity contribution in [3.8, 4) is 0 Å². The third-order valence-electron chi connectivity index (χ3n) is 4.33. The number of aryl methyl sites for hydroxylation is 1. The minimum absolute atomic E-state index is 0.0934. The second kappa shape index (κ2) is 5.83. The number of benzene rings is 1. The van der Waals surface area contributed by atoms with Gasteiger partial charge in [0.1, 0.15) is 0 Å². The molecule has 2 aliphatic rings. The fourth-order valence-electron chi connectivity index (χ4n) is 2.92. The number of nitrogens with one attached hydrogen (secondary N) is 2. The van der Waals surface area contributed by atoms with Gasteiger partial charge in [-0.1, -0.05) is 18.2 Å². The number of likely N-dealkylation sites (tertiary alicyclic amines) is 1. The highest BCUT2D eigenvalue weighted by molar-refractivity contribution is 5.89. The number of nitrogens with zero attached hydrogens (tertiary/aromatic N) is 1. The van der Waals surface area contributed by atoms with Gasteiger partial charge >= 0.3 is 6.03 Å². The van der Waals surface area contributed by atoms with Crippen LogP contribution < -0.4 is 10.6 Å². The summed E-state index contributed by atoms with van der Waals surface area (Å²) < 4.78 is 0. The lowest BCUT2D eigenvalue weighted by atomic mass is 10.1. The number of carbonyl (C=O) groups is 1. The molecule has 1 heterocycles. The number of hydrogen-bond acceptors (Lipinski definition) is 2. The number of urea groups is 1. The number of para-hydroxylation sites is 1. The van der Waals surface area contributed by atoms with Gasteiger partial charge in [0.05, 0.1) is 0 Å². The van der Waals surface area contributed by atoms with Crippen LogP contribution in [-0.4, -0.2) is 36.6 Å². The molecule has 0 aromatic heterocycles. The Balaban J connectivity index is 1.42. The van der Waals surface area contributed by atoms with Crippen LogP contribution in [0.4, 0.5) is 10.5 Å². The largest absolute Gasteiger partial charge is 0.338 e. The van der Waals surface area contributed by atoms with E-state index in [0.717, 1.165) is 30.4 Å². The number of anilines is 1. The van der Waals surface area contributed by atoms with Gasteiger partial charge in [0, 0.05) is 24.8 Å². The third-order valence-corrected chi connectivity index (χ3v) is 4.33. The van der Waals surface area contributed by atoms with Gasteiger partial charge in [-0.15, -0.1) is 0 Å². The molecule has 1 aliphatic carbocycles.